The van der Waals surface area contributed by atoms with Crippen molar-refractivity contribution in [1.29, 1.82) is 0 Å². The number of phosphoric ester groups is 1. The Labute approximate surface area is 281 Å². The molecule has 0 aliphatic rings. The maximum Gasteiger partial charge on any atom is 0.469 e. The van der Waals surface area contributed by atoms with E-state index in [0.29, 0.717) is 12.8 Å². The fraction of sp³-hybridized carbons (Fsp3) is 0.838. The SMILES string of the molecule is CCCC/C=C/CCCCCCCCCCCC(=O)O[C@H](COC(=O)CCCCC/C=C/CCCCCCCC)COP(=O)(O)O. The summed E-state index contributed by atoms with van der Waals surface area (Å²) in [5.41, 5.74) is 0. The molecule has 2 N–H and O–H groups in total. The molecule has 0 unspecified atom stereocenters. The summed E-state index contributed by atoms with van der Waals surface area (Å²) in [6.45, 7) is 3.62. The minimum Gasteiger partial charge on any atom is -0.462 e. The zero-order valence-electron chi connectivity index (χ0n) is 29.5. The normalized spacial score (nSPS) is 12.7. The number of esters is 2. The lowest BCUT2D eigenvalue weighted by molar-refractivity contribution is -0.161. The summed E-state index contributed by atoms with van der Waals surface area (Å²) in [6, 6.07) is 0. The minimum atomic E-state index is -4.75. The minimum absolute atomic E-state index is 0.208. The smallest absolute Gasteiger partial charge is 0.462 e. The zero-order chi connectivity index (χ0) is 34.0. The van der Waals surface area contributed by atoms with Gasteiger partial charge in [0.05, 0.1) is 6.61 Å². The van der Waals surface area contributed by atoms with Gasteiger partial charge in [0.2, 0.25) is 0 Å². The van der Waals surface area contributed by atoms with Gasteiger partial charge in [-0.15, -0.1) is 0 Å². The first-order valence-corrected chi connectivity index (χ1v) is 20.2. The standard InChI is InChI=1S/C37H69O8P/c1-3-5-7-9-11-13-15-17-18-20-22-24-26-28-30-32-37(39)45-35(34-44-46(40,41)42)33-43-36(38)31-29-27-25-23-21-19-16-14-12-10-8-6-4-2/h9,11,19,21,35H,3-8,10,12-18,20,22-34H2,1-2H3,(H2,40,41,42)/b11-9+,21-19+/t35-/m1/s1. The fourth-order valence-corrected chi connectivity index (χ4v) is 5.47. The molecule has 0 heterocycles. The average Bonchev–Trinajstić information content (AvgIpc) is 3.02. The lowest BCUT2D eigenvalue weighted by atomic mass is 10.1. The Hall–Kier alpha value is -1.47. The predicted molar refractivity (Wildman–Crippen MR) is 189 cm³/mol. The van der Waals surface area contributed by atoms with Crippen LogP contribution in [0.15, 0.2) is 24.3 Å². The van der Waals surface area contributed by atoms with Gasteiger partial charge < -0.3 is 19.3 Å². The number of carbonyl (C=O) groups is 2. The predicted octanol–water partition coefficient (Wildman–Crippen LogP) is 10.8. The number of allylic oxidation sites excluding steroid dienone is 4. The Morgan fingerprint density at radius 3 is 1.41 bits per heavy atom. The lowest BCUT2D eigenvalue weighted by Crippen LogP contribution is -2.29. The summed E-state index contributed by atoms with van der Waals surface area (Å²) in [5.74, 6) is -0.904. The molecule has 0 aromatic carbocycles. The molecule has 0 aliphatic carbocycles. The lowest BCUT2D eigenvalue weighted by Gasteiger charge is -2.18. The Morgan fingerprint density at radius 1 is 0.543 bits per heavy atom. The van der Waals surface area contributed by atoms with Gasteiger partial charge in [-0.2, -0.15) is 0 Å². The highest BCUT2D eigenvalue weighted by atomic mass is 31.2. The second kappa shape index (κ2) is 33.4. The molecule has 0 spiro atoms. The summed E-state index contributed by atoms with van der Waals surface area (Å²) in [5, 5.41) is 0. The molecular formula is C37H69O8P. The highest BCUT2D eigenvalue weighted by Gasteiger charge is 2.22. The molecule has 0 radical (unpaired) electrons. The maximum atomic E-state index is 12.3. The summed E-state index contributed by atoms with van der Waals surface area (Å²) >= 11 is 0. The van der Waals surface area contributed by atoms with Gasteiger partial charge in [-0.1, -0.05) is 134 Å². The van der Waals surface area contributed by atoms with Crippen LogP contribution in [0.3, 0.4) is 0 Å². The summed E-state index contributed by atoms with van der Waals surface area (Å²) < 4.78 is 26.3. The summed E-state index contributed by atoms with van der Waals surface area (Å²) in [4.78, 5) is 42.6. The van der Waals surface area contributed by atoms with Crippen LogP contribution in [-0.2, 0) is 28.2 Å². The van der Waals surface area contributed by atoms with Crippen LogP contribution in [0.1, 0.15) is 181 Å². The highest BCUT2D eigenvalue weighted by molar-refractivity contribution is 7.46. The Bertz CT molecular complexity index is 807. The van der Waals surface area contributed by atoms with Crippen molar-refractivity contribution >= 4 is 19.8 Å². The van der Waals surface area contributed by atoms with Gasteiger partial charge in [0.25, 0.3) is 0 Å². The van der Waals surface area contributed by atoms with E-state index < -0.39 is 32.5 Å². The molecule has 0 rings (SSSR count). The van der Waals surface area contributed by atoms with E-state index in [2.05, 4.69) is 42.7 Å². The number of hydrogen-bond donors (Lipinski definition) is 2. The van der Waals surface area contributed by atoms with Gasteiger partial charge in [0, 0.05) is 12.8 Å². The fourth-order valence-electron chi connectivity index (χ4n) is 5.11. The topological polar surface area (TPSA) is 119 Å². The third-order valence-electron chi connectivity index (χ3n) is 7.94. The number of hydrogen-bond acceptors (Lipinski definition) is 6. The molecule has 8 nitrogen and oxygen atoms in total. The van der Waals surface area contributed by atoms with Crippen LogP contribution in [0.2, 0.25) is 0 Å². The van der Waals surface area contributed by atoms with E-state index in [4.69, 9.17) is 19.3 Å². The quantitative estimate of drug-likeness (QED) is 0.0300. The van der Waals surface area contributed by atoms with E-state index in [9.17, 15) is 14.2 Å². The molecule has 0 amide bonds. The largest absolute Gasteiger partial charge is 0.469 e. The number of ether oxygens (including phenoxy) is 2. The van der Waals surface area contributed by atoms with Gasteiger partial charge in [-0.05, 0) is 57.8 Å². The third kappa shape index (κ3) is 35.4. The second-order valence-corrected chi connectivity index (χ2v) is 13.8. The van der Waals surface area contributed by atoms with Crippen molar-refractivity contribution < 1.29 is 37.9 Å². The molecule has 0 aliphatic heterocycles. The summed E-state index contributed by atoms with van der Waals surface area (Å²) in [6.07, 6.45) is 36.1. The Kier molecular flexibility index (Phi) is 32.4. The molecule has 0 fully saturated rings. The Morgan fingerprint density at radius 2 is 0.935 bits per heavy atom. The van der Waals surface area contributed by atoms with Gasteiger partial charge in [0.15, 0.2) is 6.10 Å². The van der Waals surface area contributed by atoms with Gasteiger partial charge in [-0.25, -0.2) is 4.57 Å². The van der Waals surface area contributed by atoms with Crippen LogP contribution in [0.4, 0.5) is 0 Å². The van der Waals surface area contributed by atoms with Crippen LogP contribution < -0.4 is 0 Å². The van der Waals surface area contributed by atoms with E-state index in [0.717, 1.165) is 44.9 Å². The van der Waals surface area contributed by atoms with Crippen molar-refractivity contribution in [2.24, 2.45) is 0 Å². The third-order valence-corrected chi connectivity index (χ3v) is 8.43. The molecule has 0 bridgehead atoms. The van der Waals surface area contributed by atoms with E-state index in [-0.39, 0.29) is 19.4 Å². The molecule has 1 atom stereocenters. The van der Waals surface area contributed by atoms with E-state index in [1.54, 1.807) is 0 Å². The highest BCUT2D eigenvalue weighted by Crippen LogP contribution is 2.36. The van der Waals surface area contributed by atoms with Gasteiger partial charge >= 0.3 is 19.8 Å². The van der Waals surface area contributed by atoms with Crippen LogP contribution in [0, 0.1) is 0 Å². The molecule has 0 saturated carbocycles. The first kappa shape index (κ1) is 44.5. The molecule has 0 aromatic heterocycles. The number of unbranched alkanes of at least 4 members (excludes halogenated alkanes) is 20. The second-order valence-electron chi connectivity index (χ2n) is 12.5. The average molecular weight is 673 g/mol. The van der Waals surface area contributed by atoms with Crippen molar-refractivity contribution in [3.63, 3.8) is 0 Å². The molecule has 0 saturated heterocycles. The molecule has 9 heteroatoms. The monoisotopic (exact) mass is 672 g/mol. The van der Waals surface area contributed by atoms with Crippen molar-refractivity contribution in [3.05, 3.63) is 24.3 Å². The van der Waals surface area contributed by atoms with Crippen LogP contribution in [0.25, 0.3) is 0 Å². The van der Waals surface area contributed by atoms with Crippen LogP contribution in [-0.4, -0.2) is 41.0 Å². The number of phosphoric acid groups is 1. The van der Waals surface area contributed by atoms with Crippen LogP contribution >= 0.6 is 7.82 Å². The first-order chi connectivity index (χ1) is 22.3. The van der Waals surface area contributed by atoms with E-state index >= 15 is 0 Å². The zero-order valence-corrected chi connectivity index (χ0v) is 30.4. The first-order valence-electron chi connectivity index (χ1n) is 18.6. The molecular weight excluding hydrogens is 603 g/mol. The van der Waals surface area contributed by atoms with E-state index in [1.807, 2.05) is 0 Å². The summed E-state index contributed by atoms with van der Waals surface area (Å²) in [7, 11) is -4.75. The van der Waals surface area contributed by atoms with E-state index in [1.165, 1.54) is 96.3 Å². The van der Waals surface area contributed by atoms with Gasteiger partial charge in [-0.3, -0.25) is 14.1 Å². The molecule has 0 aromatic rings. The molecule has 270 valence electrons. The van der Waals surface area contributed by atoms with Crippen molar-refractivity contribution in [2.45, 2.75) is 187 Å². The maximum absolute atomic E-state index is 12.3. The van der Waals surface area contributed by atoms with Gasteiger partial charge in [0.1, 0.15) is 6.61 Å². The number of rotatable bonds is 34. The number of carbonyl (C=O) groups excluding carboxylic acids is 2. The van der Waals surface area contributed by atoms with Crippen LogP contribution in [0.5, 0.6) is 0 Å². The molecule has 46 heavy (non-hydrogen) atoms. The Balaban J connectivity index is 3.98. The van der Waals surface area contributed by atoms with Crippen molar-refractivity contribution in [2.75, 3.05) is 13.2 Å². The van der Waals surface area contributed by atoms with Crippen molar-refractivity contribution in [3.8, 4) is 0 Å². The van der Waals surface area contributed by atoms with Crippen molar-refractivity contribution in [1.82, 2.24) is 0 Å².